The highest BCUT2D eigenvalue weighted by atomic mass is 79.9. The molecule has 0 amide bonds. The lowest BCUT2D eigenvalue weighted by molar-refractivity contribution is -0.385. The molecule has 1 aromatic rings. The Kier molecular flexibility index (Phi) is 5.02. The van der Waals surface area contributed by atoms with Gasteiger partial charge in [-0.25, -0.2) is 4.39 Å². The van der Waals surface area contributed by atoms with E-state index in [9.17, 15) is 14.5 Å². The van der Waals surface area contributed by atoms with Gasteiger partial charge in [-0.15, -0.1) is 0 Å². The second kappa shape index (κ2) is 6.07. The van der Waals surface area contributed by atoms with Crippen molar-refractivity contribution in [3.05, 3.63) is 38.1 Å². The number of nitro benzene ring substituents is 1. The van der Waals surface area contributed by atoms with Gasteiger partial charge in [0.1, 0.15) is 5.82 Å². The van der Waals surface area contributed by atoms with Crippen molar-refractivity contribution < 1.29 is 9.31 Å². The zero-order valence-corrected chi connectivity index (χ0v) is 11.3. The number of hydrogen-bond acceptors (Lipinski definition) is 3. The predicted octanol–water partition coefficient (Wildman–Crippen LogP) is 2.99. The Balaban J connectivity index is 2.84. The minimum absolute atomic E-state index is 0.0914. The molecule has 0 radical (unpaired) electrons. The van der Waals surface area contributed by atoms with Gasteiger partial charge in [-0.2, -0.15) is 0 Å². The minimum atomic E-state index is -0.515. The molecule has 0 aliphatic heterocycles. The van der Waals surface area contributed by atoms with Crippen LogP contribution in [0.5, 0.6) is 0 Å². The Morgan fingerprint density at radius 2 is 2.12 bits per heavy atom. The van der Waals surface area contributed by atoms with Crippen LogP contribution in [0.4, 0.5) is 10.1 Å². The van der Waals surface area contributed by atoms with E-state index in [0.717, 1.165) is 19.0 Å². The van der Waals surface area contributed by atoms with Gasteiger partial charge in [0.25, 0.3) is 5.69 Å². The van der Waals surface area contributed by atoms with Crippen LogP contribution in [0, 0.1) is 15.9 Å². The van der Waals surface area contributed by atoms with E-state index in [1.165, 1.54) is 6.07 Å². The summed E-state index contributed by atoms with van der Waals surface area (Å²) >= 11 is 2.98. The molecule has 0 saturated carbocycles. The lowest BCUT2D eigenvalue weighted by atomic mass is 10.1. The zero-order chi connectivity index (χ0) is 13.0. The molecule has 0 heterocycles. The summed E-state index contributed by atoms with van der Waals surface area (Å²) in [5.41, 5.74) is 0.299. The monoisotopic (exact) mass is 304 g/mol. The Morgan fingerprint density at radius 3 is 2.65 bits per heavy atom. The summed E-state index contributed by atoms with van der Waals surface area (Å²) in [6, 6.07) is 2.46. The summed E-state index contributed by atoms with van der Waals surface area (Å²) in [5.74, 6) is -0.402. The standard InChI is InChI=1S/C11H14BrFN2O2/c1-14(2)5-3-4-8-6-11(15(16)17)9(12)7-10(8)13/h6-7H,3-5H2,1-2H3. The summed E-state index contributed by atoms with van der Waals surface area (Å²) in [6.45, 7) is 0.823. The molecule has 1 rings (SSSR count). The van der Waals surface area contributed by atoms with Crippen molar-refractivity contribution in [2.45, 2.75) is 12.8 Å². The second-order valence-corrected chi connectivity index (χ2v) is 4.91. The van der Waals surface area contributed by atoms with Gasteiger partial charge in [0.2, 0.25) is 0 Å². The number of halogens is 2. The molecule has 94 valence electrons. The molecular weight excluding hydrogens is 291 g/mol. The molecule has 0 bridgehead atoms. The van der Waals surface area contributed by atoms with Crippen molar-refractivity contribution in [3.8, 4) is 0 Å². The van der Waals surface area contributed by atoms with Gasteiger partial charge >= 0.3 is 0 Å². The van der Waals surface area contributed by atoms with E-state index in [2.05, 4.69) is 15.9 Å². The van der Waals surface area contributed by atoms with Gasteiger partial charge in [-0.05, 0) is 61.0 Å². The molecule has 0 N–H and O–H groups in total. The molecule has 6 heteroatoms. The van der Waals surface area contributed by atoms with Crippen LogP contribution < -0.4 is 0 Å². The fourth-order valence-electron chi connectivity index (χ4n) is 1.50. The van der Waals surface area contributed by atoms with Crippen LogP contribution in [0.1, 0.15) is 12.0 Å². The Bertz CT molecular complexity index is 424. The van der Waals surface area contributed by atoms with Crippen LogP contribution in [0.25, 0.3) is 0 Å². The number of aryl methyl sites for hydroxylation is 1. The van der Waals surface area contributed by atoms with Crippen molar-refractivity contribution in [1.29, 1.82) is 0 Å². The lowest BCUT2D eigenvalue weighted by Gasteiger charge is -2.09. The van der Waals surface area contributed by atoms with Crippen LogP contribution >= 0.6 is 15.9 Å². The molecule has 0 atom stereocenters. The normalized spacial score (nSPS) is 10.9. The molecule has 0 spiro atoms. The van der Waals surface area contributed by atoms with Crippen LogP contribution in [0.2, 0.25) is 0 Å². The van der Waals surface area contributed by atoms with Crippen LogP contribution in [-0.4, -0.2) is 30.5 Å². The first kappa shape index (κ1) is 14.1. The maximum absolute atomic E-state index is 13.6. The van der Waals surface area contributed by atoms with E-state index in [1.54, 1.807) is 0 Å². The average Bonchev–Trinajstić information content (AvgIpc) is 2.20. The topological polar surface area (TPSA) is 46.4 Å². The molecule has 0 aromatic heterocycles. The van der Waals surface area contributed by atoms with Crippen molar-refractivity contribution in [3.63, 3.8) is 0 Å². The maximum atomic E-state index is 13.6. The quantitative estimate of drug-likeness (QED) is 0.620. The van der Waals surface area contributed by atoms with Crippen LogP contribution in [0.15, 0.2) is 16.6 Å². The van der Waals surface area contributed by atoms with Gasteiger partial charge in [0.15, 0.2) is 0 Å². The molecule has 0 aliphatic rings. The first-order chi connectivity index (χ1) is 7.91. The fraction of sp³-hybridized carbons (Fsp3) is 0.455. The molecule has 0 fully saturated rings. The summed E-state index contributed by atoms with van der Waals surface area (Å²) in [4.78, 5) is 12.2. The van der Waals surface area contributed by atoms with Gasteiger partial charge in [-0.1, -0.05) is 0 Å². The second-order valence-electron chi connectivity index (χ2n) is 4.06. The number of nitrogens with zero attached hydrogens (tertiary/aromatic N) is 2. The van der Waals surface area contributed by atoms with Crippen molar-refractivity contribution >= 4 is 21.6 Å². The molecular formula is C11H14BrFN2O2. The van der Waals surface area contributed by atoms with Gasteiger partial charge < -0.3 is 4.90 Å². The highest BCUT2D eigenvalue weighted by Gasteiger charge is 2.16. The lowest BCUT2D eigenvalue weighted by Crippen LogP contribution is -2.13. The highest BCUT2D eigenvalue weighted by Crippen LogP contribution is 2.28. The van der Waals surface area contributed by atoms with Crippen molar-refractivity contribution in [1.82, 2.24) is 4.90 Å². The largest absolute Gasteiger partial charge is 0.309 e. The smallest absolute Gasteiger partial charge is 0.283 e. The van der Waals surface area contributed by atoms with Crippen molar-refractivity contribution in [2.24, 2.45) is 0 Å². The number of nitro groups is 1. The first-order valence-electron chi connectivity index (χ1n) is 5.19. The fourth-order valence-corrected chi connectivity index (χ4v) is 1.96. The van der Waals surface area contributed by atoms with Gasteiger partial charge in [0, 0.05) is 6.07 Å². The third kappa shape index (κ3) is 4.05. The minimum Gasteiger partial charge on any atom is -0.309 e. The van der Waals surface area contributed by atoms with Gasteiger partial charge in [-0.3, -0.25) is 10.1 Å². The highest BCUT2D eigenvalue weighted by molar-refractivity contribution is 9.10. The summed E-state index contributed by atoms with van der Waals surface area (Å²) in [5, 5.41) is 10.7. The molecule has 0 saturated heterocycles. The van der Waals surface area contributed by atoms with Crippen LogP contribution in [0.3, 0.4) is 0 Å². The summed E-state index contributed by atoms with van der Waals surface area (Å²) < 4.78 is 13.7. The van der Waals surface area contributed by atoms with E-state index in [1.807, 2.05) is 19.0 Å². The first-order valence-corrected chi connectivity index (χ1v) is 5.98. The zero-order valence-electron chi connectivity index (χ0n) is 9.74. The Morgan fingerprint density at radius 1 is 1.47 bits per heavy atom. The van der Waals surface area contributed by atoms with Crippen LogP contribution in [-0.2, 0) is 6.42 Å². The summed E-state index contributed by atoms with van der Waals surface area (Å²) in [7, 11) is 3.86. The number of rotatable bonds is 5. The molecule has 17 heavy (non-hydrogen) atoms. The Hall–Kier alpha value is -1.01. The average molecular weight is 305 g/mol. The van der Waals surface area contributed by atoms with E-state index in [4.69, 9.17) is 0 Å². The summed E-state index contributed by atoms with van der Waals surface area (Å²) in [6.07, 6.45) is 1.26. The number of benzene rings is 1. The third-order valence-electron chi connectivity index (χ3n) is 2.36. The third-order valence-corrected chi connectivity index (χ3v) is 3.00. The van der Waals surface area contributed by atoms with E-state index in [-0.39, 0.29) is 10.2 Å². The molecule has 0 aliphatic carbocycles. The van der Waals surface area contributed by atoms with Gasteiger partial charge in [0.05, 0.1) is 9.40 Å². The number of hydrogen-bond donors (Lipinski definition) is 0. The molecule has 4 nitrogen and oxygen atoms in total. The van der Waals surface area contributed by atoms with E-state index in [0.29, 0.717) is 12.0 Å². The molecule has 0 unspecified atom stereocenters. The van der Waals surface area contributed by atoms with Crippen molar-refractivity contribution in [2.75, 3.05) is 20.6 Å². The predicted molar refractivity (Wildman–Crippen MR) is 67.6 cm³/mol. The van der Waals surface area contributed by atoms with E-state index < -0.39 is 10.7 Å². The van der Waals surface area contributed by atoms with E-state index >= 15 is 0 Å². The Labute approximate surface area is 108 Å². The molecule has 1 aromatic carbocycles. The maximum Gasteiger partial charge on any atom is 0.283 e. The SMILES string of the molecule is CN(C)CCCc1cc([N+](=O)[O-])c(Br)cc1F.